The first-order valence-corrected chi connectivity index (χ1v) is 5.08. The van der Waals surface area contributed by atoms with Gasteiger partial charge in [0.2, 0.25) is 0 Å². The second kappa shape index (κ2) is 3.20. The Labute approximate surface area is 65.2 Å². The van der Waals surface area contributed by atoms with Gasteiger partial charge >= 0.3 is 0 Å². The fraction of sp³-hybridized carbons (Fsp3) is 0.500. The molecule has 0 atom stereocenters. The lowest BCUT2D eigenvalue weighted by molar-refractivity contribution is 0.875. The predicted molar refractivity (Wildman–Crippen MR) is 47.9 cm³/mol. The van der Waals surface area contributed by atoms with Crippen molar-refractivity contribution in [3.63, 3.8) is 0 Å². The molecule has 0 unspecified atom stereocenters. The van der Waals surface area contributed by atoms with E-state index in [0.717, 1.165) is 5.84 Å². The van der Waals surface area contributed by atoms with E-state index in [0.29, 0.717) is 5.92 Å². The van der Waals surface area contributed by atoms with E-state index in [4.69, 9.17) is 0 Å². The Morgan fingerprint density at radius 2 is 2.33 bits per heavy atom. The van der Waals surface area contributed by atoms with Gasteiger partial charge in [0, 0.05) is 37.2 Å². The summed E-state index contributed by atoms with van der Waals surface area (Å²) in [6.45, 7) is 4.23. The highest BCUT2D eigenvalue weighted by Crippen LogP contribution is 2.13. The number of hydrogen-bond donors (Lipinski definition) is 0. The molecule has 3 heteroatoms. The van der Waals surface area contributed by atoms with E-state index in [-0.39, 0.29) is 21.0 Å². The monoisotopic (exact) mass is 236 g/mol. The molecule has 1 rings (SSSR count). The maximum atomic E-state index is 4.30. The number of amidine groups is 1. The maximum Gasteiger partial charge on any atom is 0.136 e. The minimum absolute atomic E-state index is 0.0454. The van der Waals surface area contributed by atoms with Crippen molar-refractivity contribution in [1.82, 2.24) is 0 Å². The van der Waals surface area contributed by atoms with Crippen LogP contribution in [0.3, 0.4) is 0 Å². The number of rotatable bonds is 1. The molecular formula is C6H9IN2. The van der Waals surface area contributed by atoms with Crippen molar-refractivity contribution in [3.05, 3.63) is 10.3 Å². The molecule has 0 bridgehead atoms. The first-order chi connectivity index (χ1) is 4.30. The van der Waals surface area contributed by atoms with E-state index in [1.165, 1.54) is 0 Å². The average Bonchev–Trinajstić information content (AvgIpc) is 1.90. The Morgan fingerprint density at radius 1 is 1.56 bits per heavy atom. The van der Waals surface area contributed by atoms with Crippen LogP contribution >= 0.6 is 21.0 Å². The fourth-order valence-electron chi connectivity index (χ4n) is 0.476. The molecule has 0 spiro atoms. The topological polar surface area (TPSA) is 24.7 Å². The summed E-state index contributed by atoms with van der Waals surface area (Å²) in [6.07, 6.45) is 1.87. The summed E-state index contributed by atoms with van der Waals surface area (Å²) in [7, 11) is 0. The first-order valence-electron chi connectivity index (χ1n) is 2.87. The zero-order chi connectivity index (χ0) is 6.69. The number of halogens is 1. The highest BCUT2D eigenvalue weighted by atomic mass is 127. The van der Waals surface area contributed by atoms with Gasteiger partial charge in [-0.15, -0.1) is 0 Å². The van der Waals surface area contributed by atoms with Gasteiger partial charge in [0.1, 0.15) is 5.84 Å². The molecule has 9 heavy (non-hydrogen) atoms. The van der Waals surface area contributed by atoms with Crippen LogP contribution in [-0.4, -0.2) is 5.84 Å². The van der Waals surface area contributed by atoms with Crippen molar-refractivity contribution in [1.29, 1.82) is 0 Å². The third-order valence-corrected chi connectivity index (χ3v) is 2.39. The molecule has 0 aromatic rings. The summed E-state index contributed by atoms with van der Waals surface area (Å²) in [5.74, 6) is 1.51. The molecule has 50 valence electrons. The van der Waals surface area contributed by atoms with Crippen LogP contribution in [0.5, 0.6) is 0 Å². The highest BCUT2D eigenvalue weighted by molar-refractivity contribution is 14.2. The SMILES string of the molecule is CC(C)C1=NC=CI=N1. The second-order valence-corrected chi connectivity index (χ2v) is 3.86. The smallest absolute Gasteiger partial charge is 0.136 e. The largest absolute Gasteiger partial charge is 0.240 e. The standard InChI is InChI=1S/C6H9IN2/c1-5(2)6-8-4-3-7-9-6/h3-5H,1-2H3. The Kier molecular flexibility index (Phi) is 2.50. The zero-order valence-electron chi connectivity index (χ0n) is 5.50. The van der Waals surface area contributed by atoms with Crippen LogP contribution < -0.4 is 0 Å². The van der Waals surface area contributed by atoms with Gasteiger partial charge in [-0.25, -0.2) is 8.14 Å². The van der Waals surface area contributed by atoms with Crippen LogP contribution in [0, 0.1) is 5.92 Å². The fourth-order valence-corrected chi connectivity index (χ4v) is 1.91. The molecule has 0 aromatic carbocycles. The summed E-state index contributed by atoms with van der Waals surface area (Å²) in [6, 6.07) is 0. The Hall–Kier alpha value is -0.0600. The lowest BCUT2D eigenvalue weighted by Gasteiger charge is -2.02. The van der Waals surface area contributed by atoms with Crippen molar-refractivity contribution < 1.29 is 0 Å². The van der Waals surface area contributed by atoms with Gasteiger partial charge in [-0.3, -0.25) is 0 Å². The predicted octanol–water partition coefficient (Wildman–Crippen LogP) is 2.68. The van der Waals surface area contributed by atoms with Gasteiger partial charge in [-0.05, 0) is 0 Å². The van der Waals surface area contributed by atoms with E-state index in [9.17, 15) is 0 Å². The van der Waals surface area contributed by atoms with Crippen LogP contribution in [0.25, 0.3) is 0 Å². The average molecular weight is 236 g/mol. The van der Waals surface area contributed by atoms with Crippen LogP contribution in [-0.2, 0) is 0 Å². The molecule has 0 aliphatic carbocycles. The summed E-state index contributed by atoms with van der Waals surface area (Å²) in [5.41, 5.74) is 0. The number of aliphatic imine (C=N–C) groups is 1. The Morgan fingerprint density at radius 3 is 2.67 bits per heavy atom. The maximum absolute atomic E-state index is 4.30. The minimum Gasteiger partial charge on any atom is -0.240 e. The van der Waals surface area contributed by atoms with Crippen LogP contribution in [0.2, 0.25) is 0 Å². The molecule has 0 saturated heterocycles. The van der Waals surface area contributed by atoms with Crippen LogP contribution in [0.1, 0.15) is 13.8 Å². The quantitative estimate of drug-likeness (QED) is 0.625. The van der Waals surface area contributed by atoms with E-state index < -0.39 is 0 Å². The number of nitrogens with zero attached hydrogens (tertiary/aromatic N) is 2. The Balaban J connectivity index is 2.72. The second-order valence-electron chi connectivity index (χ2n) is 2.10. The van der Waals surface area contributed by atoms with Crippen LogP contribution in [0.15, 0.2) is 18.4 Å². The normalized spacial score (nSPS) is 17.4. The number of hydrogen-bond acceptors (Lipinski definition) is 2. The summed E-state index contributed by atoms with van der Waals surface area (Å²) < 4.78 is 6.36. The van der Waals surface area contributed by atoms with Crippen molar-refractivity contribution in [2.24, 2.45) is 14.1 Å². The van der Waals surface area contributed by atoms with Crippen molar-refractivity contribution in [3.8, 4) is 0 Å². The molecular weight excluding hydrogens is 227 g/mol. The molecule has 2 nitrogen and oxygen atoms in total. The molecule has 1 heterocycles. The first kappa shape index (κ1) is 7.05. The van der Waals surface area contributed by atoms with Gasteiger partial charge in [-0.2, -0.15) is 0 Å². The van der Waals surface area contributed by atoms with Crippen molar-refractivity contribution in [2.75, 3.05) is 0 Å². The van der Waals surface area contributed by atoms with E-state index in [1.807, 2.05) is 6.20 Å². The lowest BCUT2D eigenvalue weighted by atomic mass is 10.2. The van der Waals surface area contributed by atoms with Gasteiger partial charge < -0.3 is 0 Å². The van der Waals surface area contributed by atoms with E-state index in [1.54, 1.807) is 0 Å². The van der Waals surface area contributed by atoms with Gasteiger partial charge in [0.05, 0.1) is 0 Å². The van der Waals surface area contributed by atoms with Gasteiger partial charge in [0.15, 0.2) is 0 Å². The van der Waals surface area contributed by atoms with Crippen LogP contribution in [0.4, 0.5) is 0 Å². The van der Waals surface area contributed by atoms with Crippen molar-refractivity contribution in [2.45, 2.75) is 13.8 Å². The third kappa shape index (κ3) is 1.97. The molecule has 0 saturated carbocycles. The molecule has 1 aliphatic rings. The molecule has 0 N–H and O–H groups in total. The lowest BCUT2D eigenvalue weighted by Crippen LogP contribution is -2.02. The highest BCUT2D eigenvalue weighted by Gasteiger charge is 2.01. The van der Waals surface area contributed by atoms with E-state index >= 15 is 0 Å². The summed E-state index contributed by atoms with van der Waals surface area (Å²) >= 11 is -0.0454. The Bertz CT molecular complexity index is 179. The zero-order valence-corrected chi connectivity index (χ0v) is 7.66. The van der Waals surface area contributed by atoms with Gasteiger partial charge in [0.25, 0.3) is 0 Å². The molecule has 0 radical (unpaired) electrons. The third-order valence-electron chi connectivity index (χ3n) is 0.971. The summed E-state index contributed by atoms with van der Waals surface area (Å²) in [4.78, 5) is 4.13. The van der Waals surface area contributed by atoms with E-state index in [2.05, 4.69) is 26.1 Å². The molecule has 0 aromatic heterocycles. The molecule has 0 amide bonds. The van der Waals surface area contributed by atoms with Crippen molar-refractivity contribution >= 4 is 26.9 Å². The molecule has 0 fully saturated rings. The minimum atomic E-state index is -0.0454. The van der Waals surface area contributed by atoms with Gasteiger partial charge in [-0.1, -0.05) is 13.8 Å². The summed E-state index contributed by atoms with van der Waals surface area (Å²) in [5, 5.41) is 0. The molecule has 1 aliphatic heterocycles.